The standard InChI is InChI=1S/C18H22N4S/c19-14-8-11-21(12-9-14)17-13-22(16-7-4-10-20-18(16)17)23-15-5-2-1-3-6-15/h2,4-7,10,13-14H,1,3,8-9,11-12,19H2. The van der Waals surface area contributed by atoms with Gasteiger partial charge in [0.15, 0.2) is 0 Å². The van der Waals surface area contributed by atoms with Gasteiger partial charge in [0.25, 0.3) is 0 Å². The van der Waals surface area contributed by atoms with Gasteiger partial charge in [-0.2, -0.15) is 0 Å². The highest BCUT2D eigenvalue weighted by molar-refractivity contribution is 8.02. The Morgan fingerprint density at radius 3 is 2.87 bits per heavy atom. The van der Waals surface area contributed by atoms with E-state index >= 15 is 0 Å². The van der Waals surface area contributed by atoms with Crippen molar-refractivity contribution in [2.45, 2.75) is 31.7 Å². The second kappa shape index (κ2) is 6.42. The molecule has 0 bridgehead atoms. The van der Waals surface area contributed by atoms with E-state index in [1.807, 2.05) is 12.3 Å². The van der Waals surface area contributed by atoms with Crippen molar-refractivity contribution in [3.8, 4) is 0 Å². The van der Waals surface area contributed by atoms with Crippen LogP contribution in [-0.2, 0) is 0 Å². The number of allylic oxidation sites excluding steroid dienone is 3. The molecule has 0 atom stereocenters. The maximum absolute atomic E-state index is 6.05. The first-order valence-electron chi connectivity index (χ1n) is 8.33. The molecule has 120 valence electrons. The Morgan fingerprint density at radius 2 is 2.09 bits per heavy atom. The van der Waals surface area contributed by atoms with E-state index < -0.39 is 0 Å². The van der Waals surface area contributed by atoms with E-state index in [0.717, 1.165) is 44.3 Å². The number of aromatic nitrogens is 2. The molecule has 1 fully saturated rings. The van der Waals surface area contributed by atoms with E-state index in [4.69, 9.17) is 5.73 Å². The summed E-state index contributed by atoms with van der Waals surface area (Å²) in [6, 6.07) is 4.52. The first-order chi connectivity index (χ1) is 11.3. The highest BCUT2D eigenvalue weighted by Crippen LogP contribution is 2.35. The van der Waals surface area contributed by atoms with Gasteiger partial charge in [-0.25, -0.2) is 0 Å². The number of nitrogens with two attached hydrogens (primary N) is 1. The first-order valence-corrected chi connectivity index (χ1v) is 9.10. The molecule has 0 aromatic carbocycles. The molecular weight excluding hydrogens is 304 g/mol. The number of fused-ring (bicyclic) bond motifs is 1. The van der Waals surface area contributed by atoms with Crippen molar-refractivity contribution in [2.75, 3.05) is 18.0 Å². The normalized spacial score (nSPS) is 19.3. The number of rotatable bonds is 3. The lowest BCUT2D eigenvalue weighted by molar-refractivity contribution is 0.502. The SMILES string of the molecule is NC1CCN(c2cn(SC3=CCCC=C3)c3cccnc23)CC1. The number of anilines is 1. The molecule has 0 saturated carbocycles. The molecule has 23 heavy (non-hydrogen) atoms. The number of hydrogen-bond acceptors (Lipinski definition) is 4. The molecule has 1 saturated heterocycles. The molecule has 2 N–H and O–H groups in total. The summed E-state index contributed by atoms with van der Waals surface area (Å²) in [5, 5.41) is 0. The summed E-state index contributed by atoms with van der Waals surface area (Å²) in [4.78, 5) is 8.39. The Balaban J connectivity index is 1.68. The number of hydrogen-bond donors (Lipinski definition) is 1. The molecular formula is C18H22N4S. The molecule has 0 amide bonds. The maximum atomic E-state index is 6.05. The summed E-state index contributed by atoms with van der Waals surface area (Å²) in [5.41, 5.74) is 9.56. The lowest BCUT2D eigenvalue weighted by atomic mass is 10.1. The highest BCUT2D eigenvalue weighted by Gasteiger charge is 2.21. The Hall–Kier alpha value is -1.72. The topological polar surface area (TPSA) is 47.1 Å². The quantitative estimate of drug-likeness (QED) is 0.934. The molecule has 2 aliphatic rings. The van der Waals surface area contributed by atoms with Gasteiger partial charge in [0.2, 0.25) is 0 Å². The molecule has 2 aromatic rings. The molecule has 2 aromatic heterocycles. The van der Waals surface area contributed by atoms with Crippen LogP contribution >= 0.6 is 11.9 Å². The third-order valence-electron chi connectivity index (χ3n) is 4.55. The zero-order valence-corrected chi connectivity index (χ0v) is 14.0. The van der Waals surface area contributed by atoms with Crippen molar-refractivity contribution in [2.24, 2.45) is 5.73 Å². The van der Waals surface area contributed by atoms with Crippen molar-refractivity contribution >= 4 is 28.7 Å². The van der Waals surface area contributed by atoms with Crippen LogP contribution in [0.15, 0.2) is 47.7 Å². The van der Waals surface area contributed by atoms with E-state index in [0.29, 0.717) is 6.04 Å². The van der Waals surface area contributed by atoms with Crippen LogP contribution in [-0.4, -0.2) is 28.1 Å². The second-order valence-electron chi connectivity index (χ2n) is 6.21. The van der Waals surface area contributed by atoms with Gasteiger partial charge in [0, 0.05) is 36.4 Å². The average Bonchev–Trinajstić information content (AvgIpc) is 2.95. The third-order valence-corrected chi connectivity index (χ3v) is 5.56. The molecule has 4 nitrogen and oxygen atoms in total. The Morgan fingerprint density at radius 1 is 1.22 bits per heavy atom. The lowest BCUT2D eigenvalue weighted by Gasteiger charge is -2.31. The first kappa shape index (κ1) is 14.8. The Bertz CT molecular complexity index is 753. The fourth-order valence-electron chi connectivity index (χ4n) is 3.23. The van der Waals surface area contributed by atoms with Crippen LogP contribution in [0.3, 0.4) is 0 Å². The monoisotopic (exact) mass is 326 g/mol. The maximum Gasteiger partial charge on any atom is 0.112 e. The van der Waals surface area contributed by atoms with Gasteiger partial charge >= 0.3 is 0 Å². The fourth-order valence-corrected chi connectivity index (χ4v) is 4.21. The Labute approximate surface area is 141 Å². The van der Waals surface area contributed by atoms with Crippen LogP contribution in [0.2, 0.25) is 0 Å². The second-order valence-corrected chi connectivity index (χ2v) is 7.26. The van der Waals surface area contributed by atoms with E-state index in [1.54, 1.807) is 11.9 Å². The zero-order valence-electron chi connectivity index (χ0n) is 13.2. The van der Waals surface area contributed by atoms with Crippen LogP contribution in [0.25, 0.3) is 11.0 Å². The summed E-state index contributed by atoms with van der Waals surface area (Å²) in [7, 11) is 0. The molecule has 1 aliphatic heterocycles. The Kier molecular flexibility index (Phi) is 4.14. The third kappa shape index (κ3) is 3.03. The van der Waals surface area contributed by atoms with E-state index in [-0.39, 0.29) is 0 Å². The average molecular weight is 326 g/mol. The van der Waals surface area contributed by atoms with Crippen molar-refractivity contribution in [3.05, 3.63) is 47.7 Å². The van der Waals surface area contributed by atoms with E-state index in [2.05, 4.69) is 44.3 Å². The van der Waals surface area contributed by atoms with Crippen LogP contribution in [0.1, 0.15) is 25.7 Å². The van der Waals surface area contributed by atoms with Crippen LogP contribution in [0.5, 0.6) is 0 Å². The molecule has 0 radical (unpaired) electrons. The molecule has 1 aliphatic carbocycles. The summed E-state index contributed by atoms with van der Waals surface area (Å²) in [5.74, 6) is 0. The van der Waals surface area contributed by atoms with Gasteiger partial charge < -0.3 is 10.6 Å². The molecule has 3 heterocycles. The largest absolute Gasteiger partial charge is 0.368 e. The van der Waals surface area contributed by atoms with E-state index in [9.17, 15) is 0 Å². The minimum Gasteiger partial charge on any atom is -0.368 e. The van der Waals surface area contributed by atoms with Crippen molar-refractivity contribution in [1.82, 2.24) is 8.96 Å². The van der Waals surface area contributed by atoms with Gasteiger partial charge in [-0.1, -0.05) is 18.2 Å². The smallest absolute Gasteiger partial charge is 0.112 e. The fraction of sp³-hybridized carbons (Fsp3) is 0.389. The lowest BCUT2D eigenvalue weighted by Crippen LogP contribution is -2.39. The van der Waals surface area contributed by atoms with Crippen LogP contribution in [0.4, 0.5) is 5.69 Å². The van der Waals surface area contributed by atoms with Gasteiger partial charge in [0.05, 0.1) is 11.2 Å². The molecule has 4 rings (SSSR count). The van der Waals surface area contributed by atoms with Crippen molar-refractivity contribution in [1.29, 1.82) is 0 Å². The van der Waals surface area contributed by atoms with Gasteiger partial charge in [-0.3, -0.25) is 8.96 Å². The van der Waals surface area contributed by atoms with Gasteiger partial charge in [-0.05, 0) is 49.8 Å². The minimum absolute atomic E-state index is 0.347. The molecule has 0 unspecified atom stereocenters. The summed E-state index contributed by atoms with van der Waals surface area (Å²) < 4.78 is 2.26. The summed E-state index contributed by atoms with van der Waals surface area (Å²) in [6.45, 7) is 2.04. The van der Waals surface area contributed by atoms with E-state index in [1.165, 1.54) is 16.1 Å². The van der Waals surface area contributed by atoms with Crippen LogP contribution < -0.4 is 10.6 Å². The summed E-state index contributed by atoms with van der Waals surface area (Å²) >= 11 is 1.78. The van der Waals surface area contributed by atoms with Crippen LogP contribution in [0, 0.1) is 0 Å². The van der Waals surface area contributed by atoms with Crippen molar-refractivity contribution in [3.63, 3.8) is 0 Å². The molecule has 0 spiro atoms. The van der Waals surface area contributed by atoms with Gasteiger partial charge in [-0.15, -0.1) is 0 Å². The number of pyridine rings is 1. The van der Waals surface area contributed by atoms with Crippen molar-refractivity contribution < 1.29 is 0 Å². The molecule has 5 heteroatoms. The predicted molar refractivity (Wildman–Crippen MR) is 98.6 cm³/mol. The zero-order chi connectivity index (χ0) is 15.6. The number of nitrogens with zero attached hydrogens (tertiary/aromatic N) is 3. The van der Waals surface area contributed by atoms with Gasteiger partial charge in [0.1, 0.15) is 5.52 Å². The predicted octanol–water partition coefficient (Wildman–Crippen LogP) is 3.69. The highest BCUT2D eigenvalue weighted by atomic mass is 32.2. The minimum atomic E-state index is 0.347. The summed E-state index contributed by atoms with van der Waals surface area (Å²) in [6.07, 6.45) is 15.3. The number of piperidine rings is 1.